The van der Waals surface area contributed by atoms with Crippen LogP contribution in [0.4, 0.5) is 11.8 Å². The second kappa shape index (κ2) is 7.18. The molecule has 0 aromatic carbocycles. The lowest BCUT2D eigenvalue weighted by atomic mass is 10.4. The molecule has 0 saturated heterocycles. The second-order valence-electron chi connectivity index (χ2n) is 4.49. The van der Waals surface area contributed by atoms with Gasteiger partial charge in [0.15, 0.2) is 5.03 Å². The number of aromatic nitrogens is 4. The van der Waals surface area contributed by atoms with Crippen LogP contribution in [0.5, 0.6) is 0 Å². The van der Waals surface area contributed by atoms with Crippen LogP contribution in [0, 0.1) is 6.92 Å². The fourth-order valence-electron chi connectivity index (χ4n) is 1.74. The van der Waals surface area contributed by atoms with Crippen LogP contribution in [-0.4, -0.2) is 48.0 Å². The molecule has 4 N–H and O–H groups in total. The van der Waals surface area contributed by atoms with E-state index >= 15 is 0 Å². The van der Waals surface area contributed by atoms with Gasteiger partial charge in [-0.05, 0) is 13.8 Å². The number of H-pyrrole nitrogens is 1. The van der Waals surface area contributed by atoms with E-state index in [9.17, 15) is 8.42 Å². The minimum atomic E-state index is -3.55. The molecule has 0 aliphatic heterocycles. The summed E-state index contributed by atoms with van der Waals surface area (Å²) in [5.74, 6) is 1.19. The fraction of sp³-hybridized carbons (Fsp3) is 0.417. The van der Waals surface area contributed by atoms with Gasteiger partial charge in [-0.15, -0.1) is 0 Å². The molecule has 0 bridgehead atoms. The average molecular weight is 325 g/mol. The Labute approximate surface area is 129 Å². The van der Waals surface area contributed by atoms with Crippen LogP contribution in [0.25, 0.3) is 0 Å². The van der Waals surface area contributed by atoms with Crippen molar-refractivity contribution >= 4 is 21.8 Å². The third-order valence-corrected chi connectivity index (χ3v) is 4.06. The minimum Gasteiger partial charge on any atom is -0.369 e. The number of hydrogen-bond donors (Lipinski definition) is 4. The van der Waals surface area contributed by atoms with E-state index < -0.39 is 10.0 Å². The average Bonchev–Trinajstić information content (AvgIpc) is 2.98. The van der Waals surface area contributed by atoms with E-state index in [4.69, 9.17) is 0 Å². The van der Waals surface area contributed by atoms with Gasteiger partial charge in [0.2, 0.25) is 5.95 Å². The van der Waals surface area contributed by atoms with Crippen LogP contribution >= 0.6 is 0 Å². The molecule has 2 aromatic rings. The third kappa shape index (κ3) is 4.40. The highest BCUT2D eigenvalue weighted by Crippen LogP contribution is 2.09. The van der Waals surface area contributed by atoms with Crippen LogP contribution in [0.3, 0.4) is 0 Å². The van der Waals surface area contributed by atoms with Gasteiger partial charge >= 0.3 is 0 Å². The van der Waals surface area contributed by atoms with E-state index in [2.05, 4.69) is 35.3 Å². The number of anilines is 2. The summed E-state index contributed by atoms with van der Waals surface area (Å²) >= 11 is 0. The summed E-state index contributed by atoms with van der Waals surface area (Å²) in [6.07, 6.45) is 2.57. The first-order valence-electron chi connectivity index (χ1n) is 6.82. The smallest absolute Gasteiger partial charge is 0.257 e. The lowest BCUT2D eigenvalue weighted by Gasteiger charge is -2.09. The molecule has 0 aliphatic rings. The van der Waals surface area contributed by atoms with E-state index in [1.54, 1.807) is 6.07 Å². The molecule has 0 saturated carbocycles. The van der Waals surface area contributed by atoms with Crippen molar-refractivity contribution < 1.29 is 8.42 Å². The summed E-state index contributed by atoms with van der Waals surface area (Å²) < 4.78 is 26.2. The van der Waals surface area contributed by atoms with E-state index in [1.807, 2.05) is 13.8 Å². The Kier molecular flexibility index (Phi) is 5.28. The van der Waals surface area contributed by atoms with Crippen molar-refractivity contribution in [2.45, 2.75) is 18.9 Å². The molecule has 0 fully saturated rings. The number of hydrogen-bond acceptors (Lipinski definition) is 7. The Balaban J connectivity index is 1.86. The molecule has 2 aromatic heterocycles. The maximum Gasteiger partial charge on any atom is 0.257 e. The Morgan fingerprint density at radius 3 is 2.73 bits per heavy atom. The van der Waals surface area contributed by atoms with Crippen molar-refractivity contribution in [1.29, 1.82) is 0 Å². The standard InChI is InChI=1S/C12H19N7O2S/c1-3-14-12-18-9(2)6-10(19-12)15-4-5-17-22(20,21)11-7-13-8-16-11/h6-8,17H,3-5H2,1-2H3,(H,13,16)(H2,14,15,18,19). The molecule has 0 unspecified atom stereocenters. The molecule has 120 valence electrons. The van der Waals surface area contributed by atoms with Gasteiger partial charge in [-0.3, -0.25) is 0 Å². The first-order chi connectivity index (χ1) is 10.5. The van der Waals surface area contributed by atoms with E-state index in [0.717, 1.165) is 12.2 Å². The van der Waals surface area contributed by atoms with Gasteiger partial charge in [0.05, 0.1) is 12.5 Å². The van der Waals surface area contributed by atoms with Gasteiger partial charge < -0.3 is 15.6 Å². The van der Waals surface area contributed by atoms with Crippen LogP contribution in [0.1, 0.15) is 12.6 Å². The highest BCUT2D eigenvalue weighted by Gasteiger charge is 2.14. The number of aromatic amines is 1. The van der Waals surface area contributed by atoms with Gasteiger partial charge in [0.25, 0.3) is 10.0 Å². The third-order valence-electron chi connectivity index (χ3n) is 2.67. The summed E-state index contributed by atoms with van der Waals surface area (Å²) in [5.41, 5.74) is 0.825. The van der Waals surface area contributed by atoms with Crippen molar-refractivity contribution in [3.8, 4) is 0 Å². The number of sulfonamides is 1. The van der Waals surface area contributed by atoms with Crippen LogP contribution in [-0.2, 0) is 10.0 Å². The molecule has 10 heteroatoms. The predicted molar refractivity (Wildman–Crippen MR) is 83.2 cm³/mol. The van der Waals surface area contributed by atoms with E-state index in [1.165, 1.54) is 12.5 Å². The zero-order chi connectivity index (χ0) is 16.0. The molecule has 0 amide bonds. The fourth-order valence-corrected chi connectivity index (χ4v) is 2.67. The monoisotopic (exact) mass is 325 g/mol. The van der Waals surface area contributed by atoms with Gasteiger partial charge in [-0.1, -0.05) is 0 Å². The summed E-state index contributed by atoms with van der Waals surface area (Å²) in [6, 6.07) is 1.80. The van der Waals surface area contributed by atoms with Crippen LogP contribution < -0.4 is 15.4 Å². The van der Waals surface area contributed by atoms with Crippen LogP contribution in [0.2, 0.25) is 0 Å². The number of nitrogens with one attached hydrogen (secondary N) is 4. The van der Waals surface area contributed by atoms with Crippen LogP contribution in [0.15, 0.2) is 23.6 Å². The summed E-state index contributed by atoms with van der Waals surface area (Å²) in [5, 5.41) is 6.14. The maximum atomic E-state index is 11.9. The summed E-state index contributed by atoms with van der Waals surface area (Å²) in [6.45, 7) is 5.18. The maximum absolute atomic E-state index is 11.9. The van der Waals surface area contributed by atoms with Crippen molar-refractivity contribution in [2.24, 2.45) is 0 Å². The minimum absolute atomic E-state index is 0.0415. The van der Waals surface area contributed by atoms with E-state index in [0.29, 0.717) is 18.3 Å². The molecule has 9 nitrogen and oxygen atoms in total. The lowest BCUT2D eigenvalue weighted by Crippen LogP contribution is -2.29. The summed E-state index contributed by atoms with van der Waals surface area (Å²) in [4.78, 5) is 14.8. The molecular weight excluding hydrogens is 306 g/mol. The normalized spacial score (nSPS) is 11.4. The number of rotatable bonds is 8. The Bertz CT molecular complexity index is 700. The SMILES string of the molecule is CCNc1nc(C)cc(NCCNS(=O)(=O)c2cnc[nH]2)n1. The molecular formula is C12H19N7O2S. The Morgan fingerprint density at radius 2 is 2.05 bits per heavy atom. The molecule has 0 radical (unpaired) electrons. The van der Waals surface area contributed by atoms with Crippen molar-refractivity contribution in [1.82, 2.24) is 24.7 Å². The quantitative estimate of drug-likeness (QED) is 0.515. The molecule has 0 spiro atoms. The lowest BCUT2D eigenvalue weighted by molar-refractivity contribution is 0.579. The molecule has 0 atom stereocenters. The van der Waals surface area contributed by atoms with Gasteiger partial charge in [-0.25, -0.2) is 23.1 Å². The number of imidazole rings is 1. The van der Waals surface area contributed by atoms with Crippen molar-refractivity contribution in [2.75, 3.05) is 30.3 Å². The largest absolute Gasteiger partial charge is 0.369 e. The molecule has 2 heterocycles. The Hall–Kier alpha value is -2.20. The molecule has 22 heavy (non-hydrogen) atoms. The highest BCUT2D eigenvalue weighted by molar-refractivity contribution is 7.89. The highest BCUT2D eigenvalue weighted by atomic mass is 32.2. The van der Waals surface area contributed by atoms with Crippen molar-refractivity contribution in [3.63, 3.8) is 0 Å². The first kappa shape index (κ1) is 16.2. The first-order valence-corrected chi connectivity index (χ1v) is 8.31. The molecule has 2 rings (SSSR count). The number of nitrogens with zero attached hydrogens (tertiary/aromatic N) is 3. The summed E-state index contributed by atoms with van der Waals surface area (Å²) in [7, 11) is -3.55. The van der Waals surface area contributed by atoms with Gasteiger partial charge in [-0.2, -0.15) is 4.98 Å². The Morgan fingerprint density at radius 1 is 1.23 bits per heavy atom. The number of aryl methyl sites for hydroxylation is 1. The zero-order valence-corrected chi connectivity index (χ0v) is 13.2. The van der Waals surface area contributed by atoms with Gasteiger partial charge in [0.1, 0.15) is 5.82 Å². The zero-order valence-electron chi connectivity index (χ0n) is 12.4. The van der Waals surface area contributed by atoms with E-state index in [-0.39, 0.29) is 11.6 Å². The van der Waals surface area contributed by atoms with Crippen molar-refractivity contribution in [3.05, 3.63) is 24.3 Å². The van der Waals surface area contributed by atoms with Gasteiger partial charge in [0, 0.05) is 31.4 Å². The second-order valence-corrected chi connectivity index (χ2v) is 6.22. The topological polar surface area (TPSA) is 125 Å². The molecule has 0 aliphatic carbocycles. The predicted octanol–water partition coefficient (Wildman–Crippen LogP) is 0.330.